The average molecular weight is 484 g/mol. The third-order valence-electron chi connectivity index (χ3n) is 5.25. The summed E-state index contributed by atoms with van der Waals surface area (Å²) in [6.45, 7) is 3.40. The summed E-state index contributed by atoms with van der Waals surface area (Å²) in [6, 6.07) is 9.65. The minimum absolute atomic E-state index is 0.223. The van der Waals surface area contributed by atoms with Gasteiger partial charge >= 0.3 is 0 Å². The number of anilines is 3. The molecule has 0 bridgehead atoms. The number of methoxy groups -OCH3 is 1. The molecular weight excluding hydrogens is 457 g/mol. The number of benzene rings is 2. The number of nitrogens with one attached hydrogen (secondary N) is 3. The smallest absolute Gasteiger partial charge is 0.233 e. The molecule has 1 aliphatic heterocycles. The van der Waals surface area contributed by atoms with E-state index < -0.39 is 17.3 Å². The van der Waals surface area contributed by atoms with E-state index >= 15 is 0 Å². The van der Waals surface area contributed by atoms with Gasteiger partial charge in [0.2, 0.25) is 11.8 Å². The molecule has 10 nitrogen and oxygen atoms in total. The Balaban J connectivity index is 1.38. The zero-order valence-electron chi connectivity index (χ0n) is 19.4. The van der Waals surface area contributed by atoms with Crippen LogP contribution in [0.15, 0.2) is 42.7 Å². The number of fused-ring (bicyclic) bond motifs is 1. The van der Waals surface area contributed by atoms with Gasteiger partial charge in [-0.3, -0.25) is 9.59 Å². The van der Waals surface area contributed by atoms with Crippen LogP contribution in [0, 0.1) is 5.82 Å². The second-order valence-corrected chi connectivity index (χ2v) is 8.39. The van der Waals surface area contributed by atoms with E-state index in [0.29, 0.717) is 49.1 Å². The molecule has 2 amide bonds. The summed E-state index contributed by atoms with van der Waals surface area (Å²) in [6.07, 6.45) is 1.04. The minimum atomic E-state index is -0.525. The number of amides is 2. The topological polar surface area (TPSA) is 124 Å². The number of hydrogen-bond acceptors (Lipinski definition) is 8. The lowest BCUT2D eigenvalue weighted by Gasteiger charge is -2.38. The summed E-state index contributed by atoms with van der Waals surface area (Å²) in [5, 5.41) is 8.77. The van der Waals surface area contributed by atoms with Gasteiger partial charge in [-0.25, -0.2) is 14.4 Å². The summed E-state index contributed by atoms with van der Waals surface area (Å²) < 4.78 is 30.3. The standard InChI is InChI=1S/C24H26FN5O5/c1-24(12-34-13-24)30-21(32)11-20(31)28-15-3-5-16(6-4-15)29-23-22-18(25)9-17(35-8-7-33-2)10-19(22)26-14-27-23/h3-6,9-10,14H,7-8,11-13H2,1-2H3,(H,28,31)(H,30,32)(H,26,27,29). The van der Waals surface area contributed by atoms with Crippen LogP contribution in [0.3, 0.4) is 0 Å². The van der Waals surface area contributed by atoms with Gasteiger partial charge in [-0.05, 0) is 31.2 Å². The van der Waals surface area contributed by atoms with Crippen molar-refractivity contribution < 1.29 is 28.2 Å². The Hall–Kier alpha value is -3.83. The van der Waals surface area contributed by atoms with Crippen molar-refractivity contribution in [3.05, 3.63) is 48.5 Å². The van der Waals surface area contributed by atoms with Gasteiger partial charge in [-0.2, -0.15) is 0 Å². The molecule has 0 radical (unpaired) electrons. The first kappa shape index (κ1) is 24.3. The second-order valence-electron chi connectivity index (χ2n) is 8.39. The van der Waals surface area contributed by atoms with E-state index in [2.05, 4.69) is 25.9 Å². The van der Waals surface area contributed by atoms with E-state index in [0.717, 1.165) is 0 Å². The van der Waals surface area contributed by atoms with Gasteiger partial charge < -0.3 is 30.2 Å². The SMILES string of the molecule is COCCOc1cc(F)c2c(Nc3ccc(NC(=O)CC(=O)NC4(C)COC4)cc3)ncnc2c1. The maximum absolute atomic E-state index is 14.8. The van der Waals surface area contributed by atoms with Crippen LogP contribution in [-0.2, 0) is 19.1 Å². The molecule has 2 aromatic carbocycles. The number of halogens is 1. The number of ether oxygens (including phenoxy) is 3. The third kappa shape index (κ3) is 6.19. The lowest BCUT2D eigenvalue weighted by molar-refractivity contribution is -0.134. The zero-order chi connectivity index (χ0) is 24.8. The number of carbonyl (C=O) groups is 2. The zero-order valence-corrected chi connectivity index (χ0v) is 19.4. The number of nitrogens with zero attached hydrogens (tertiary/aromatic N) is 2. The van der Waals surface area contributed by atoms with E-state index in [9.17, 15) is 14.0 Å². The molecule has 2 heterocycles. The van der Waals surface area contributed by atoms with Crippen molar-refractivity contribution in [3.8, 4) is 5.75 Å². The van der Waals surface area contributed by atoms with E-state index in [1.165, 1.54) is 12.4 Å². The van der Waals surface area contributed by atoms with Gasteiger partial charge in [-0.15, -0.1) is 0 Å². The molecule has 1 fully saturated rings. The quantitative estimate of drug-likeness (QED) is 0.297. The van der Waals surface area contributed by atoms with Gasteiger partial charge in [0.25, 0.3) is 0 Å². The van der Waals surface area contributed by atoms with Crippen molar-refractivity contribution in [1.82, 2.24) is 15.3 Å². The fourth-order valence-corrected chi connectivity index (χ4v) is 3.52. The molecule has 35 heavy (non-hydrogen) atoms. The van der Waals surface area contributed by atoms with Gasteiger partial charge in [0.05, 0.1) is 36.3 Å². The van der Waals surface area contributed by atoms with E-state index in [-0.39, 0.29) is 23.5 Å². The van der Waals surface area contributed by atoms with Gasteiger partial charge in [0.15, 0.2) is 0 Å². The van der Waals surface area contributed by atoms with Crippen LogP contribution >= 0.6 is 0 Å². The van der Waals surface area contributed by atoms with Crippen molar-refractivity contribution in [2.45, 2.75) is 18.9 Å². The van der Waals surface area contributed by atoms with Crippen molar-refractivity contribution in [2.24, 2.45) is 0 Å². The van der Waals surface area contributed by atoms with Crippen LogP contribution < -0.4 is 20.7 Å². The average Bonchev–Trinajstić information content (AvgIpc) is 2.79. The molecule has 1 aliphatic rings. The van der Waals surface area contributed by atoms with Crippen LogP contribution in [0.5, 0.6) is 5.75 Å². The first-order valence-electron chi connectivity index (χ1n) is 11.0. The number of aromatic nitrogens is 2. The van der Waals surface area contributed by atoms with Crippen molar-refractivity contribution in [1.29, 1.82) is 0 Å². The molecule has 3 N–H and O–H groups in total. The molecule has 4 rings (SSSR count). The molecule has 1 saturated heterocycles. The van der Waals surface area contributed by atoms with Crippen LogP contribution in [0.25, 0.3) is 10.9 Å². The fraction of sp³-hybridized carbons (Fsp3) is 0.333. The molecule has 0 spiro atoms. The molecule has 0 saturated carbocycles. The predicted octanol–water partition coefficient (Wildman–Crippen LogP) is 2.77. The maximum atomic E-state index is 14.8. The van der Waals surface area contributed by atoms with E-state index in [4.69, 9.17) is 14.2 Å². The number of carbonyl (C=O) groups excluding carboxylic acids is 2. The summed E-state index contributed by atoms with van der Waals surface area (Å²) in [4.78, 5) is 32.5. The number of rotatable bonds is 10. The Kier molecular flexibility index (Phi) is 7.37. The molecule has 11 heteroatoms. The van der Waals surface area contributed by atoms with Crippen molar-refractivity contribution >= 4 is 39.9 Å². The Morgan fingerprint density at radius 2 is 1.83 bits per heavy atom. The third-order valence-corrected chi connectivity index (χ3v) is 5.25. The molecule has 0 aliphatic carbocycles. The van der Waals surface area contributed by atoms with Crippen LogP contribution in [-0.4, -0.2) is 60.9 Å². The highest BCUT2D eigenvalue weighted by Crippen LogP contribution is 2.29. The molecule has 0 atom stereocenters. The van der Waals surface area contributed by atoms with Gasteiger partial charge in [0, 0.05) is 30.6 Å². The lowest BCUT2D eigenvalue weighted by Crippen LogP contribution is -2.60. The van der Waals surface area contributed by atoms with Crippen LogP contribution in [0.1, 0.15) is 13.3 Å². The molecule has 3 aromatic rings. The first-order valence-corrected chi connectivity index (χ1v) is 11.0. The second kappa shape index (κ2) is 10.6. The van der Waals surface area contributed by atoms with Gasteiger partial charge in [-0.1, -0.05) is 0 Å². The Labute approximate surface area is 201 Å². The Bertz CT molecular complexity index is 1220. The summed E-state index contributed by atoms with van der Waals surface area (Å²) in [7, 11) is 1.56. The molecule has 0 unspecified atom stereocenters. The van der Waals surface area contributed by atoms with Crippen LogP contribution in [0.4, 0.5) is 21.6 Å². The molecule has 184 valence electrons. The number of hydrogen-bond donors (Lipinski definition) is 3. The fourth-order valence-electron chi connectivity index (χ4n) is 3.52. The maximum Gasteiger partial charge on any atom is 0.233 e. The summed E-state index contributed by atoms with van der Waals surface area (Å²) in [5.74, 6) is -0.683. The minimum Gasteiger partial charge on any atom is -0.491 e. The Morgan fingerprint density at radius 1 is 1.09 bits per heavy atom. The first-order chi connectivity index (χ1) is 16.8. The van der Waals surface area contributed by atoms with Crippen LogP contribution in [0.2, 0.25) is 0 Å². The normalized spacial score (nSPS) is 14.1. The summed E-state index contributed by atoms with van der Waals surface area (Å²) in [5.41, 5.74) is 1.12. The molecule has 1 aromatic heterocycles. The highest BCUT2D eigenvalue weighted by atomic mass is 19.1. The van der Waals surface area contributed by atoms with Crippen molar-refractivity contribution in [3.63, 3.8) is 0 Å². The van der Waals surface area contributed by atoms with E-state index in [1.54, 1.807) is 37.4 Å². The van der Waals surface area contributed by atoms with E-state index in [1.807, 2.05) is 6.92 Å². The molecular formula is C24H26FN5O5. The lowest BCUT2D eigenvalue weighted by atomic mass is 10.0. The monoisotopic (exact) mass is 483 g/mol. The largest absolute Gasteiger partial charge is 0.491 e. The Morgan fingerprint density at radius 3 is 2.51 bits per heavy atom. The highest BCUT2D eigenvalue weighted by molar-refractivity contribution is 6.03. The predicted molar refractivity (Wildman–Crippen MR) is 127 cm³/mol. The highest BCUT2D eigenvalue weighted by Gasteiger charge is 2.35. The van der Waals surface area contributed by atoms with Gasteiger partial charge in [0.1, 0.15) is 36.7 Å². The summed E-state index contributed by atoms with van der Waals surface area (Å²) >= 11 is 0. The van der Waals surface area contributed by atoms with Crippen molar-refractivity contribution in [2.75, 3.05) is 44.2 Å².